The van der Waals surface area contributed by atoms with Gasteiger partial charge in [-0.2, -0.15) is 0 Å². The molecule has 3 heteroatoms. The van der Waals surface area contributed by atoms with E-state index in [1.54, 1.807) is 0 Å². The summed E-state index contributed by atoms with van der Waals surface area (Å²) >= 11 is 0. The summed E-state index contributed by atoms with van der Waals surface area (Å²) in [6.07, 6.45) is -0.108. The fraction of sp³-hybridized carbons (Fsp3) is 0.133. The van der Waals surface area contributed by atoms with Crippen molar-refractivity contribution in [1.29, 1.82) is 0 Å². The van der Waals surface area contributed by atoms with Crippen LogP contribution in [-0.4, -0.2) is 11.1 Å². The highest BCUT2D eigenvalue weighted by Gasteiger charge is 2.10. The summed E-state index contributed by atoms with van der Waals surface area (Å²) in [5.74, 6) is -1.28. The van der Waals surface area contributed by atoms with Crippen molar-refractivity contribution in [2.45, 2.75) is 13.3 Å². The number of rotatable bonds is 3. The Morgan fingerprint density at radius 2 is 2.00 bits per heavy atom. The Kier molecular flexibility index (Phi) is 3.42. The Balaban J connectivity index is 2.54. The van der Waals surface area contributed by atoms with Crippen LogP contribution in [0, 0.1) is 12.7 Å². The zero-order chi connectivity index (χ0) is 13.1. The first-order chi connectivity index (χ1) is 8.56. The number of halogens is 1. The van der Waals surface area contributed by atoms with Gasteiger partial charge in [0.1, 0.15) is 5.82 Å². The number of hydrogen-bond donors (Lipinski definition) is 1. The van der Waals surface area contributed by atoms with Crippen molar-refractivity contribution in [3.63, 3.8) is 0 Å². The molecule has 1 N–H and O–H groups in total. The summed E-state index contributed by atoms with van der Waals surface area (Å²) in [4.78, 5) is 10.8. The SMILES string of the molecule is Cc1cccc(-c2cc(F)ccc2CC(=O)O)c1. The van der Waals surface area contributed by atoms with E-state index < -0.39 is 5.97 Å². The van der Waals surface area contributed by atoms with Gasteiger partial charge in [-0.3, -0.25) is 4.79 Å². The third kappa shape index (κ3) is 2.74. The molecular weight excluding hydrogens is 231 g/mol. The summed E-state index contributed by atoms with van der Waals surface area (Å²) in [7, 11) is 0. The van der Waals surface area contributed by atoms with Gasteiger partial charge in [0.05, 0.1) is 6.42 Å². The van der Waals surface area contributed by atoms with Crippen LogP contribution in [0.3, 0.4) is 0 Å². The summed E-state index contributed by atoms with van der Waals surface area (Å²) in [6.45, 7) is 1.94. The number of carboxylic acids is 1. The van der Waals surface area contributed by atoms with Gasteiger partial charge in [0.25, 0.3) is 0 Å². The Morgan fingerprint density at radius 3 is 2.67 bits per heavy atom. The van der Waals surface area contributed by atoms with Gasteiger partial charge >= 0.3 is 5.97 Å². The molecule has 0 atom stereocenters. The van der Waals surface area contributed by atoms with Crippen LogP contribution in [0.15, 0.2) is 42.5 Å². The summed E-state index contributed by atoms with van der Waals surface area (Å²) < 4.78 is 13.3. The second-order valence-corrected chi connectivity index (χ2v) is 4.24. The minimum absolute atomic E-state index is 0.108. The molecule has 0 aliphatic heterocycles. The number of aliphatic carboxylic acids is 1. The van der Waals surface area contributed by atoms with E-state index in [-0.39, 0.29) is 12.2 Å². The van der Waals surface area contributed by atoms with Gasteiger partial charge < -0.3 is 5.11 Å². The van der Waals surface area contributed by atoms with E-state index in [4.69, 9.17) is 5.11 Å². The third-order valence-corrected chi connectivity index (χ3v) is 2.74. The van der Waals surface area contributed by atoms with E-state index in [2.05, 4.69) is 0 Å². The molecule has 2 nitrogen and oxygen atoms in total. The van der Waals surface area contributed by atoms with Crippen molar-refractivity contribution in [2.75, 3.05) is 0 Å². The van der Waals surface area contributed by atoms with Crippen molar-refractivity contribution < 1.29 is 14.3 Å². The van der Waals surface area contributed by atoms with Gasteiger partial charge in [0.2, 0.25) is 0 Å². The molecule has 2 aromatic rings. The molecule has 18 heavy (non-hydrogen) atoms. The van der Waals surface area contributed by atoms with Gasteiger partial charge in [-0.25, -0.2) is 4.39 Å². The monoisotopic (exact) mass is 244 g/mol. The lowest BCUT2D eigenvalue weighted by Crippen LogP contribution is -2.02. The van der Waals surface area contributed by atoms with Gasteiger partial charge in [-0.15, -0.1) is 0 Å². The van der Waals surface area contributed by atoms with Gasteiger partial charge in [-0.05, 0) is 35.7 Å². The maximum Gasteiger partial charge on any atom is 0.307 e. The molecule has 0 aromatic heterocycles. The number of carbonyl (C=O) groups is 1. The predicted molar refractivity (Wildman–Crippen MR) is 67.9 cm³/mol. The minimum atomic E-state index is -0.921. The fourth-order valence-corrected chi connectivity index (χ4v) is 1.95. The highest BCUT2D eigenvalue weighted by atomic mass is 19.1. The van der Waals surface area contributed by atoms with E-state index in [1.165, 1.54) is 18.2 Å². The van der Waals surface area contributed by atoms with Gasteiger partial charge in [0, 0.05) is 0 Å². The molecule has 0 bridgehead atoms. The second-order valence-electron chi connectivity index (χ2n) is 4.24. The molecule has 0 unspecified atom stereocenters. The molecule has 92 valence electrons. The molecule has 0 fully saturated rings. The summed E-state index contributed by atoms with van der Waals surface area (Å²) in [6, 6.07) is 11.8. The van der Waals surface area contributed by atoms with Crippen molar-refractivity contribution in [1.82, 2.24) is 0 Å². The number of aryl methyl sites for hydroxylation is 1. The zero-order valence-corrected chi connectivity index (χ0v) is 9.98. The predicted octanol–water partition coefficient (Wildman–Crippen LogP) is 3.43. The average molecular weight is 244 g/mol. The average Bonchev–Trinajstić information content (AvgIpc) is 2.31. The highest BCUT2D eigenvalue weighted by Crippen LogP contribution is 2.26. The van der Waals surface area contributed by atoms with E-state index >= 15 is 0 Å². The van der Waals surface area contributed by atoms with Crippen LogP contribution in [0.1, 0.15) is 11.1 Å². The Hall–Kier alpha value is -2.16. The molecule has 0 aliphatic rings. The molecule has 2 rings (SSSR count). The van der Waals surface area contributed by atoms with Crippen LogP contribution in [0.25, 0.3) is 11.1 Å². The van der Waals surface area contributed by atoms with Crippen molar-refractivity contribution in [3.05, 3.63) is 59.4 Å². The zero-order valence-electron chi connectivity index (χ0n) is 9.98. The van der Waals surface area contributed by atoms with E-state index in [0.717, 1.165) is 11.1 Å². The van der Waals surface area contributed by atoms with Crippen LogP contribution in [-0.2, 0) is 11.2 Å². The van der Waals surface area contributed by atoms with Crippen LogP contribution < -0.4 is 0 Å². The van der Waals surface area contributed by atoms with Crippen LogP contribution in [0.4, 0.5) is 4.39 Å². The van der Waals surface area contributed by atoms with Crippen LogP contribution in [0.5, 0.6) is 0 Å². The highest BCUT2D eigenvalue weighted by molar-refractivity contribution is 5.76. The second kappa shape index (κ2) is 5.00. The minimum Gasteiger partial charge on any atom is -0.481 e. The van der Waals surface area contributed by atoms with E-state index in [1.807, 2.05) is 31.2 Å². The standard InChI is InChI=1S/C15H13FO2/c1-10-3-2-4-11(7-10)14-9-13(16)6-5-12(14)8-15(17)18/h2-7,9H,8H2,1H3,(H,17,18). The Labute approximate surface area is 105 Å². The first-order valence-electron chi connectivity index (χ1n) is 5.63. The normalized spacial score (nSPS) is 10.3. The van der Waals surface area contributed by atoms with Gasteiger partial charge in [-0.1, -0.05) is 35.9 Å². The van der Waals surface area contributed by atoms with Crippen molar-refractivity contribution in [3.8, 4) is 11.1 Å². The summed E-state index contributed by atoms with van der Waals surface area (Å²) in [5, 5.41) is 8.87. The van der Waals surface area contributed by atoms with Crippen molar-refractivity contribution in [2.24, 2.45) is 0 Å². The van der Waals surface area contributed by atoms with E-state index in [0.29, 0.717) is 11.1 Å². The maximum atomic E-state index is 13.3. The lowest BCUT2D eigenvalue weighted by molar-refractivity contribution is -0.136. The Morgan fingerprint density at radius 1 is 1.22 bits per heavy atom. The topological polar surface area (TPSA) is 37.3 Å². The van der Waals surface area contributed by atoms with Gasteiger partial charge in [0.15, 0.2) is 0 Å². The maximum absolute atomic E-state index is 13.3. The molecule has 0 spiro atoms. The van der Waals surface area contributed by atoms with Crippen molar-refractivity contribution >= 4 is 5.97 Å². The molecular formula is C15H13FO2. The lowest BCUT2D eigenvalue weighted by atomic mass is 9.96. The quantitative estimate of drug-likeness (QED) is 0.898. The van der Waals surface area contributed by atoms with Crippen LogP contribution in [0.2, 0.25) is 0 Å². The lowest BCUT2D eigenvalue weighted by Gasteiger charge is -2.09. The smallest absolute Gasteiger partial charge is 0.307 e. The summed E-state index contributed by atoms with van der Waals surface area (Å²) in [5.41, 5.74) is 3.15. The molecule has 0 heterocycles. The first-order valence-corrected chi connectivity index (χ1v) is 5.63. The number of hydrogen-bond acceptors (Lipinski definition) is 1. The Bertz CT molecular complexity index is 591. The van der Waals surface area contributed by atoms with E-state index in [9.17, 15) is 9.18 Å². The fourth-order valence-electron chi connectivity index (χ4n) is 1.95. The molecule has 0 amide bonds. The van der Waals surface area contributed by atoms with Crippen LogP contribution >= 0.6 is 0 Å². The molecule has 0 saturated heterocycles. The molecule has 0 radical (unpaired) electrons. The number of benzene rings is 2. The molecule has 2 aromatic carbocycles. The molecule has 0 saturated carbocycles. The third-order valence-electron chi connectivity index (χ3n) is 2.74. The molecule has 0 aliphatic carbocycles. The first kappa shape index (κ1) is 12.3. The number of carboxylic acid groups (broad SMARTS) is 1. The largest absolute Gasteiger partial charge is 0.481 e.